The predicted octanol–water partition coefficient (Wildman–Crippen LogP) is 3.84. The summed E-state index contributed by atoms with van der Waals surface area (Å²) in [5.41, 5.74) is 3.14. The van der Waals surface area contributed by atoms with Crippen molar-refractivity contribution in [3.05, 3.63) is 58.9 Å². The van der Waals surface area contributed by atoms with Gasteiger partial charge in [-0.3, -0.25) is 19.4 Å². The van der Waals surface area contributed by atoms with Crippen LogP contribution in [-0.4, -0.2) is 98.8 Å². The zero-order chi connectivity index (χ0) is 28.9. The molecule has 0 spiro atoms. The molecule has 1 aromatic carbocycles. The molecule has 0 N–H and O–H groups in total. The fourth-order valence-electron chi connectivity index (χ4n) is 7.35. The van der Waals surface area contributed by atoms with Crippen molar-refractivity contribution in [1.29, 1.82) is 0 Å². The maximum atomic E-state index is 14.4. The molecule has 220 valence electrons. The quantitative estimate of drug-likeness (QED) is 0.533. The molecular weight excluding hydrogens is 519 g/mol. The highest BCUT2D eigenvalue weighted by molar-refractivity contribution is 5.96. The summed E-state index contributed by atoms with van der Waals surface area (Å²) in [4.78, 5) is 43.6. The highest BCUT2D eigenvalue weighted by Crippen LogP contribution is 2.41. The summed E-state index contributed by atoms with van der Waals surface area (Å²) in [6, 6.07) is 7.44. The average molecular weight is 563 g/mol. The van der Waals surface area contributed by atoms with Crippen molar-refractivity contribution >= 4 is 11.8 Å². The molecule has 3 saturated heterocycles. The minimum atomic E-state index is -0.203. The van der Waals surface area contributed by atoms with Crippen LogP contribution in [0.25, 0.3) is 0 Å². The van der Waals surface area contributed by atoms with Gasteiger partial charge in [0, 0.05) is 75.3 Å². The number of benzene rings is 1. The SMILES string of the molecule is Cc1ncnc(C)c1C(=O)N1CCC(C)(N2CCN([C@H](c3cccc(F)c3)C3CN(C(=O)C4CC4)C3)[C@@H](C)C2)CC1. The molecule has 0 bridgehead atoms. The van der Waals surface area contributed by atoms with Crippen LogP contribution in [0.3, 0.4) is 0 Å². The second-order valence-electron chi connectivity index (χ2n) is 13.0. The van der Waals surface area contributed by atoms with Crippen LogP contribution in [0, 0.1) is 31.5 Å². The third kappa shape index (κ3) is 5.50. The number of halogens is 1. The normalized spacial score (nSPS) is 24.7. The topological polar surface area (TPSA) is 72.9 Å². The minimum Gasteiger partial charge on any atom is -0.342 e. The molecule has 0 radical (unpaired) electrons. The number of aromatic nitrogens is 2. The summed E-state index contributed by atoms with van der Waals surface area (Å²) >= 11 is 0. The van der Waals surface area contributed by atoms with Gasteiger partial charge in [-0.05, 0) is 71.1 Å². The van der Waals surface area contributed by atoms with Gasteiger partial charge in [0.05, 0.1) is 17.0 Å². The Bertz CT molecular complexity index is 1280. The molecule has 9 heteroatoms. The van der Waals surface area contributed by atoms with E-state index in [-0.39, 0.29) is 35.3 Å². The second-order valence-corrected chi connectivity index (χ2v) is 13.0. The summed E-state index contributed by atoms with van der Waals surface area (Å²) in [7, 11) is 0. The maximum absolute atomic E-state index is 14.4. The molecule has 6 rings (SSSR count). The van der Waals surface area contributed by atoms with Gasteiger partial charge in [0.1, 0.15) is 12.1 Å². The molecule has 4 aliphatic rings. The Hall–Kier alpha value is -2.91. The molecule has 4 heterocycles. The van der Waals surface area contributed by atoms with E-state index in [0.717, 1.165) is 88.4 Å². The van der Waals surface area contributed by atoms with Crippen LogP contribution in [0.5, 0.6) is 0 Å². The molecule has 8 nitrogen and oxygen atoms in total. The number of nitrogens with zero attached hydrogens (tertiary/aromatic N) is 6. The summed E-state index contributed by atoms with van der Waals surface area (Å²) < 4.78 is 14.4. The van der Waals surface area contributed by atoms with Gasteiger partial charge in [0.15, 0.2) is 0 Å². The Labute approximate surface area is 242 Å². The summed E-state index contributed by atoms with van der Waals surface area (Å²) in [6.07, 6.45) is 5.41. The van der Waals surface area contributed by atoms with Gasteiger partial charge in [0.25, 0.3) is 5.91 Å². The van der Waals surface area contributed by atoms with E-state index in [4.69, 9.17) is 0 Å². The van der Waals surface area contributed by atoms with Crippen LogP contribution in [-0.2, 0) is 4.79 Å². The van der Waals surface area contributed by atoms with Crippen LogP contribution in [0.1, 0.15) is 72.9 Å². The Morgan fingerprint density at radius 1 is 0.976 bits per heavy atom. The van der Waals surface area contributed by atoms with E-state index in [1.807, 2.05) is 35.8 Å². The van der Waals surface area contributed by atoms with Gasteiger partial charge in [-0.15, -0.1) is 0 Å². The van der Waals surface area contributed by atoms with Crippen molar-refractivity contribution in [2.75, 3.05) is 45.8 Å². The molecule has 3 aliphatic heterocycles. The summed E-state index contributed by atoms with van der Waals surface area (Å²) in [5.74, 6) is 0.688. The van der Waals surface area contributed by atoms with Gasteiger partial charge in [-0.1, -0.05) is 12.1 Å². The van der Waals surface area contributed by atoms with E-state index in [2.05, 4.69) is 33.6 Å². The number of amides is 2. The number of rotatable bonds is 6. The fourth-order valence-corrected chi connectivity index (χ4v) is 7.35. The third-order valence-electron chi connectivity index (χ3n) is 10.2. The molecule has 2 amide bonds. The third-order valence-corrected chi connectivity index (χ3v) is 10.2. The first kappa shape index (κ1) is 28.2. The number of piperidine rings is 1. The van der Waals surface area contributed by atoms with Gasteiger partial charge < -0.3 is 9.80 Å². The molecule has 4 fully saturated rings. The van der Waals surface area contributed by atoms with E-state index < -0.39 is 0 Å². The molecule has 0 unspecified atom stereocenters. The molecule has 1 aromatic heterocycles. The van der Waals surface area contributed by atoms with Crippen molar-refractivity contribution in [2.24, 2.45) is 11.8 Å². The molecule has 2 atom stereocenters. The molecule has 1 saturated carbocycles. The van der Waals surface area contributed by atoms with Gasteiger partial charge in [0.2, 0.25) is 5.91 Å². The highest BCUT2D eigenvalue weighted by Gasteiger charge is 2.47. The zero-order valence-corrected chi connectivity index (χ0v) is 24.9. The first-order valence-electron chi connectivity index (χ1n) is 15.3. The second kappa shape index (κ2) is 11.1. The van der Waals surface area contributed by atoms with Crippen molar-refractivity contribution in [2.45, 2.75) is 71.0 Å². The summed E-state index contributed by atoms with van der Waals surface area (Å²) in [6.45, 7) is 14.1. The van der Waals surface area contributed by atoms with E-state index in [1.54, 1.807) is 6.07 Å². The number of hydrogen-bond acceptors (Lipinski definition) is 6. The van der Waals surface area contributed by atoms with Crippen LogP contribution < -0.4 is 0 Å². The standard InChI is InChI=1S/C32H43FN6O2/c1-21-17-38(32(4)10-12-36(13-11-32)31(41)28-22(2)34-20-35-23(28)3)14-15-39(21)29(25-6-5-7-27(33)16-25)26-18-37(19-26)30(40)24-8-9-24/h5-7,16,20-21,24,26,29H,8-15,17-19H2,1-4H3/t21-,29+/m0/s1. The smallest absolute Gasteiger partial charge is 0.257 e. The lowest BCUT2D eigenvalue weighted by Gasteiger charge is -2.55. The number of piperazine rings is 1. The molecule has 1 aliphatic carbocycles. The van der Waals surface area contributed by atoms with E-state index in [1.165, 1.54) is 12.4 Å². The highest BCUT2D eigenvalue weighted by atomic mass is 19.1. The van der Waals surface area contributed by atoms with E-state index >= 15 is 0 Å². The van der Waals surface area contributed by atoms with Crippen LogP contribution >= 0.6 is 0 Å². The van der Waals surface area contributed by atoms with Crippen molar-refractivity contribution < 1.29 is 14.0 Å². The van der Waals surface area contributed by atoms with Crippen LogP contribution in [0.4, 0.5) is 4.39 Å². The number of aryl methyl sites for hydroxylation is 2. The van der Waals surface area contributed by atoms with E-state index in [9.17, 15) is 14.0 Å². The Morgan fingerprint density at radius 2 is 1.66 bits per heavy atom. The van der Waals surface area contributed by atoms with Crippen molar-refractivity contribution in [3.8, 4) is 0 Å². The monoisotopic (exact) mass is 562 g/mol. The lowest BCUT2D eigenvalue weighted by atomic mass is 9.83. The predicted molar refractivity (Wildman–Crippen MR) is 155 cm³/mol. The minimum absolute atomic E-state index is 0.0205. The van der Waals surface area contributed by atoms with Crippen molar-refractivity contribution in [1.82, 2.24) is 29.6 Å². The van der Waals surface area contributed by atoms with Gasteiger partial charge in [-0.2, -0.15) is 0 Å². The van der Waals surface area contributed by atoms with Crippen molar-refractivity contribution in [3.63, 3.8) is 0 Å². The fraction of sp³-hybridized carbons (Fsp3) is 0.625. The Balaban J connectivity index is 1.11. The molecule has 2 aromatic rings. The maximum Gasteiger partial charge on any atom is 0.257 e. The number of hydrogen-bond donors (Lipinski definition) is 0. The lowest BCUT2D eigenvalue weighted by Crippen LogP contribution is -2.64. The summed E-state index contributed by atoms with van der Waals surface area (Å²) in [5, 5.41) is 0. The van der Waals surface area contributed by atoms with Crippen LogP contribution in [0.2, 0.25) is 0 Å². The number of carbonyl (C=O) groups is 2. The first-order chi connectivity index (χ1) is 19.6. The lowest BCUT2D eigenvalue weighted by molar-refractivity contribution is -0.142. The van der Waals surface area contributed by atoms with Gasteiger partial charge in [-0.25, -0.2) is 14.4 Å². The number of likely N-dealkylation sites (tertiary alicyclic amines) is 2. The molecular formula is C32H43FN6O2. The number of carbonyl (C=O) groups excluding carboxylic acids is 2. The van der Waals surface area contributed by atoms with E-state index in [0.29, 0.717) is 17.4 Å². The zero-order valence-electron chi connectivity index (χ0n) is 24.9. The average Bonchev–Trinajstić information content (AvgIpc) is 3.76. The van der Waals surface area contributed by atoms with Gasteiger partial charge >= 0.3 is 0 Å². The van der Waals surface area contributed by atoms with Crippen LogP contribution in [0.15, 0.2) is 30.6 Å². The largest absolute Gasteiger partial charge is 0.342 e. The Morgan fingerprint density at radius 3 is 2.27 bits per heavy atom. The molecule has 41 heavy (non-hydrogen) atoms. The Kier molecular flexibility index (Phi) is 7.61. The first-order valence-corrected chi connectivity index (χ1v) is 15.3.